The summed E-state index contributed by atoms with van der Waals surface area (Å²) in [6, 6.07) is 3.55. The zero-order chi connectivity index (χ0) is 14.8. The molecule has 0 spiro atoms. The fourth-order valence-corrected chi connectivity index (χ4v) is 1.95. The van der Waals surface area contributed by atoms with Gasteiger partial charge in [-0.05, 0) is 45.7 Å². The van der Waals surface area contributed by atoms with Crippen LogP contribution in [0.4, 0.5) is 0 Å². The summed E-state index contributed by atoms with van der Waals surface area (Å²) in [4.78, 5) is 10.0. The van der Waals surface area contributed by atoms with Crippen molar-refractivity contribution in [1.29, 1.82) is 0 Å². The van der Waals surface area contributed by atoms with Gasteiger partial charge in [0.25, 0.3) is 0 Å². The third-order valence-electron chi connectivity index (χ3n) is 3.07. The largest absolute Gasteiger partial charge is 0.478 e. The minimum Gasteiger partial charge on any atom is -0.478 e. The van der Waals surface area contributed by atoms with E-state index in [2.05, 4.69) is 41.0 Å². The average molecular weight is 276 g/mol. The van der Waals surface area contributed by atoms with E-state index >= 15 is 0 Å². The van der Waals surface area contributed by atoms with Crippen molar-refractivity contribution in [3.63, 3.8) is 0 Å². The van der Waals surface area contributed by atoms with Crippen LogP contribution in [0.3, 0.4) is 0 Å². The summed E-state index contributed by atoms with van der Waals surface area (Å²) in [7, 11) is 0. The first kappa shape index (κ1) is 14.4. The SMILES string of the molecule is CC(C)(C)n1nccc1C1CC1.O=C(O)c1ccoc1. The number of carboxylic acids is 1. The van der Waals surface area contributed by atoms with Gasteiger partial charge in [-0.2, -0.15) is 5.10 Å². The molecule has 2 aromatic rings. The van der Waals surface area contributed by atoms with Crippen molar-refractivity contribution < 1.29 is 14.3 Å². The Bertz CT molecular complexity index is 560. The van der Waals surface area contributed by atoms with E-state index in [4.69, 9.17) is 5.11 Å². The zero-order valence-corrected chi connectivity index (χ0v) is 12.0. The van der Waals surface area contributed by atoms with Gasteiger partial charge in [-0.3, -0.25) is 4.68 Å². The Morgan fingerprint density at radius 1 is 1.40 bits per heavy atom. The molecular weight excluding hydrogens is 256 g/mol. The second kappa shape index (κ2) is 5.53. The third-order valence-corrected chi connectivity index (χ3v) is 3.07. The molecule has 0 unspecified atom stereocenters. The van der Waals surface area contributed by atoms with Gasteiger partial charge in [0.05, 0.1) is 17.4 Å². The predicted octanol–water partition coefficient (Wildman–Crippen LogP) is 3.49. The van der Waals surface area contributed by atoms with Crippen LogP contribution in [-0.2, 0) is 5.54 Å². The van der Waals surface area contributed by atoms with E-state index in [-0.39, 0.29) is 11.1 Å². The van der Waals surface area contributed by atoms with Crippen molar-refractivity contribution in [3.8, 4) is 0 Å². The molecule has 0 amide bonds. The maximum atomic E-state index is 10.0. The van der Waals surface area contributed by atoms with Crippen LogP contribution < -0.4 is 0 Å². The van der Waals surface area contributed by atoms with Gasteiger partial charge in [-0.15, -0.1) is 0 Å². The summed E-state index contributed by atoms with van der Waals surface area (Å²) >= 11 is 0. The predicted molar refractivity (Wildman–Crippen MR) is 74.9 cm³/mol. The van der Waals surface area contributed by atoms with Gasteiger partial charge in [0.15, 0.2) is 0 Å². The molecule has 0 aliphatic heterocycles. The first-order valence-corrected chi connectivity index (χ1v) is 6.69. The normalized spacial score (nSPS) is 14.6. The van der Waals surface area contributed by atoms with Crippen LogP contribution in [0.25, 0.3) is 0 Å². The molecular formula is C15H20N2O3. The first-order chi connectivity index (χ1) is 9.39. The van der Waals surface area contributed by atoms with Gasteiger partial charge in [0.1, 0.15) is 6.26 Å². The van der Waals surface area contributed by atoms with E-state index < -0.39 is 5.97 Å². The molecule has 5 heteroatoms. The van der Waals surface area contributed by atoms with Crippen LogP contribution in [0.5, 0.6) is 0 Å². The monoisotopic (exact) mass is 276 g/mol. The van der Waals surface area contributed by atoms with Gasteiger partial charge in [-0.1, -0.05) is 0 Å². The Hall–Kier alpha value is -2.04. The highest BCUT2D eigenvalue weighted by molar-refractivity contribution is 5.86. The Balaban J connectivity index is 0.000000160. The third kappa shape index (κ3) is 3.50. The van der Waals surface area contributed by atoms with Crippen LogP contribution in [0.1, 0.15) is 55.6 Å². The molecule has 0 aromatic carbocycles. The van der Waals surface area contributed by atoms with Crippen LogP contribution in [0.2, 0.25) is 0 Å². The highest BCUT2D eigenvalue weighted by Gasteiger charge is 2.29. The molecule has 2 heterocycles. The minimum absolute atomic E-state index is 0.140. The summed E-state index contributed by atoms with van der Waals surface area (Å²) in [5.41, 5.74) is 1.74. The van der Waals surface area contributed by atoms with Crippen molar-refractivity contribution >= 4 is 5.97 Å². The van der Waals surface area contributed by atoms with E-state index in [9.17, 15) is 4.79 Å². The molecule has 1 fully saturated rings. The molecule has 2 aromatic heterocycles. The summed E-state index contributed by atoms with van der Waals surface area (Å²) in [6.45, 7) is 6.60. The Labute approximate surface area is 118 Å². The van der Waals surface area contributed by atoms with Gasteiger partial charge in [0.2, 0.25) is 0 Å². The smallest absolute Gasteiger partial charge is 0.338 e. The number of hydrogen-bond donors (Lipinski definition) is 1. The number of aromatic nitrogens is 2. The number of hydrogen-bond acceptors (Lipinski definition) is 3. The maximum absolute atomic E-state index is 10.0. The van der Waals surface area contributed by atoms with Crippen LogP contribution >= 0.6 is 0 Å². The Morgan fingerprint density at radius 2 is 2.10 bits per heavy atom. The Morgan fingerprint density at radius 3 is 2.50 bits per heavy atom. The quantitative estimate of drug-likeness (QED) is 0.911. The lowest BCUT2D eigenvalue weighted by molar-refractivity contribution is 0.0696. The van der Waals surface area contributed by atoms with Crippen LogP contribution in [0.15, 0.2) is 35.3 Å². The van der Waals surface area contributed by atoms with E-state index in [1.807, 2.05) is 6.20 Å². The highest BCUT2D eigenvalue weighted by Crippen LogP contribution is 2.41. The summed E-state index contributed by atoms with van der Waals surface area (Å²) < 4.78 is 6.65. The molecule has 1 aliphatic carbocycles. The van der Waals surface area contributed by atoms with E-state index in [1.165, 1.54) is 37.1 Å². The topological polar surface area (TPSA) is 68.3 Å². The second-order valence-corrected chi connectivity index (χ2v) is 5.93. The maximum Gasteiger partial charge on any atom is 0.338 e. The fourth-order valence-electron chi connectivity index (χ4n) is 1.95. The number of nitrogens with zero attached hydrogens (tertiary/aromatic N) is 2. The fraction of sp³-hybridized carbons (Fsp3) is 0.467. The van der Waals surface area contributed by atoms with E-state index in [0.29, 0.717) is 0 Å². The number of rotatable bonds is 2. The van der Waals surface area contributed by atoms with Crippen molar-refractivity contribution in [2.24, 2.45) is 0 Å². The van der Waals surface area contributed by atoms with Gasteiger partial charge >= 0.3 is 5.97 Å². The molecule has 20 heavy (non-hydrogen) atoms. The van der Waals surface area contributed by atoms with Gasteiger partial charge in [-0.25, -0.2) is 4.79 Å². The van der Waals surface area contributed by atoms with Crippen molar-refractivity contribution in [2.75, 3.05) is 0 Å². The number of furan rings is 1. The summed E-state index contributed by atoms with van der Waals surface area (Å²) in [6.07, 6.45) is 7.12. The molecule has 1 N–H and O–H groups in total. The molecule has 1 aliphatic rings. The van der Waals surface area contributed by atoms with Crippen LogP contribution in [0, 0.1) is 0 Å². The van der Waals surface area contributed by atoms with Gasteiger partial charge < -0.3 is 9.52 Å². The minimum atomic E-state index is -0.959. The molecule has 5 nitrogen and oxygen atoms in total. The zero-order valence-electron chi connectivity index (χ0n) is 12.0. The lowest BCUT2D eigenvalue weighted by atomic mass is 10.1. The standard InChI is InChI=1S/C10H16N2.C5H4O3/c1-10(2,3)12-9(6-7-11-12)8-4-5-8;6-5(7)4-1-2-8-3-4/h6-8H,4-5H2,1-3H3;1-3H,(H,6,7). The Kier molecular flexibility index (Phi) is 3.97. The summed E-state index contributed by atoms with van der Waals surface area (Å²) in [5.74, 6) is -0.162. The van der Waals surface area contributed by atoms with Crippen LogP contribution in [-0.4, -0.2) is 20.9 Å². The van der Waals surface area contributed by atoms with Crippen molar-refractivity contribution in [1.82, 2.24) is 9.78 Å². The molecule has 108 valence electrons. The highest BCUT2D eigenvalue weighted by atomic mass is 16.4. The number of carboxylic acid groups (broad SMARTS) is 1. The average Bonchev–Trinajstić information content (AvgIpc) is 2.90. The molecule has 0 saturated heterocycles. The summed E-state index contributed by atoms with van der Waals surface area (Å²) in [5, 5.41) is 12.6. The number of aromatic carboxylic acids is 1. The first-order valence-electron chi connectivity index (χ1n) is 6.69. The van der Waals surface area contributed by atoms with Gasteiger partial charge in [0, 0.05) is 17.8 Å². The van der Waals surface area contributed by atoms with Crippen molar-refractivity contribution in [3.05, 3.63) is 42.1 Å². The van der Waals surface area contributed by atoms with Crippen molar-refractivity contribution in [2.45, 2.75) is 45.1 Å². The molecule has 0 atom stereocenters. The second-order valence-electron chi connectivity index (χ2n) is 5.93. The number of carbonyl (C=O) groups is 1. The molecule has 3 rings (SSSR count). The molecule has 0 radical (unpaired) electrons. The molecule has 1 saturated carbocycles. The lowest BCUT2D eigenvalue weighted by Crippen LogP contribution is -2.24. The lowest BCUT2D eigenvalue weighted by Gasteiger charge is -2.22. The van der Waals surface area contributed by atoms with E-state index in [1.54, 1.807) is 0 Å². The molecule has 0 bridgehead atoms. The van der Waals surface area contributed by atoms with E-state index in [0.717, 1.165) is 5.92 Å².